The summed E-state index contributed by atoms with van der Waals surface area (Å²) in [5.74, 6) is 0.161. The number of nitrogens with two attached hydrogens (primary N) is 1. The Morgan fingerprint density at radius 3 is 2.85 bits per heavy atom. The molecule has 3 rings (SSSR count). The lowest BCUT2D eigenvalue weighted by Gasteiger charge is -2.11. The molecule has 2 atom stereocenters. The van der Waals surface area contributed by atoms with E-state index in [1.54, 1.807) is 18.3 Å². The quantitative estimate of drug-likeness (QED) is 0.881. The number of nitrogen functional groups attached to an aromatic ring is 1. The summed E-state index contributed by atoms with van der Waals surface area (Å²) in [4.78, 5) is 8.70. The Balaban J connectivity index is 1.99. The van der Waals surface area contributed by atoms with Crippen molar-refractivity contribution >= 4 is 5.82 Å². The zero-order valence-electron chi connectivity index (χ0n) is 11.0. The molecule has 1 aromatic heterocycles. The molecule has 1 fully saturated rings. The van der Waals surface area contributed by atoms with E-state index in [2.05, 4.69) is 9.97 Å². The molecule has 5 heteroatoms. The predicted molar refractivity (Wildman–Crippen MR) is 74.4 cm³/mol. The molecule has 0 radical (unpaired) electrons. The van der Waals surface area contributed by atoms with Crippen molar-refractivity contribution in [3.05, 3.63) is 42.0 Å². The number of halogens is 1. The third-order valence-corrected chi connectivity index (χ3v) is 3.74. The van der Waals surface area contributed by atoms with Crippen LogP contribution < -0.4 is 5.73 Å². The molecule has 0 spiro atoms. The Bertz CT molecular complexity index is 632. The Hall–Kier alpha value is -2.01. The molecule has 0 saturated heterocycles. The molecule has 3 N–H and O–H groups in total. The molecule has 0 aliphatic heterocycles. The summed E-state index contributed by atoms with van der Waals surface area (Å²) >= 11 is 0. The lowest BCUT2D eigenvalue weighted by molar-refractivity contribution is 0.181. The molecule has 20 heavy (non-hydrogen) atoms. The topological polar surface area (TPSA) is 72.0 Å². The van der Waals surface area contributed by atoms with Gasteiger partial charge >= 0.3 is 0 Å². The minimum atomic E-state index is -0.328. The van der Waals surface area contributed by atoms with E-state index in [0.717, 1.165) is 18.5 Å². The Morgan fingerprint density at radius 1 is 1.30 bits per heavy atom. The van der Waals surface area contributed by atoms with Crippen LogP contribution >= 0.6 is 0 Å². The van der Waals surface area contributed by atoms with Gasteiger partial charge in [0, 0.05) is 11.5 Å². The second kappa shape index (κ2) is 5.17. The van der Waals surface area contributed by atoms with Crippen LogP contribution in [-0.2, 0) is 0 Å². The molecular weight excluding hydrogens is 257 g/mol. The third-order valence-electron chi connectivity index (χ3n) is 3.74. The van der Waals surface area contributed by atoms with Gasteiger partial charge in [0.1, 0.15) is 17.3 Å². The van der Waals surface area contributed by atoms with Gasteiger partial charge < -0.3 is 10.8 Å². The van der Waals surface area contributed by atoms with Crippen LogP contribution in [0.2, 0.25) is 0 Å². The Kier molecular flexibility index (Phi) is 3.36. The first-order chi connectivity index (χ1) is 9.63. The average molecular weight is 273 g/mol. The van der Waals surface area contributed by atoms with Crippen LogP contribution in [0.25, 0.3) is 11.3 Å². The van der Waals surface area contributed by atoms with Crippen LogP contribution in [0.15, 0.2) is 30.5 Å². The summed E-state index contributed by atoms with van der Waals surface area (Å²) < 4.78 is 13.3. The molecule has 104 valence electrons. The molecule has 0 unspecified atom stereocenters. The standard InChI is InChI=1S/C15H16FN3O/c16-11-3-1-2-10(6-11)14-15(17)18-8-13(19-14)9-4-5-12(20)7-9/h1-3,6,8-9,12,20H,4-5,7H2,(H2,17,18)/t9-,12-/m1/s1. The molecule has 1 aromatic carbocycles. The molecule has 0 bridgehead atoms. The number of aliphatic hydroxyl groups excluding tert-OH is 1. The highest BCUT2D eigenvalue weighted by Crippen LogP contribution is 2.34. The van der Waals surface area contributed by atoms with Gasteiger partial charge in [-0.15, -0.1) is 0 Å². The second-order valence-corrected chi connectivity index (χ2v) is 5.20. The number of aromatic nitrogens is 2. The fourth-order valence-corrected chi connectivity index (χ4v) is 2.68. The van der Waals surface area contributed by atoms with Crippen molar-refractivity contribution < 1.29 is 9.50 Å². The van der Waals surface area contributed by atoms with Crippen LogP contribution in [0.3, 0.4) is 0 Å². The van der Waals surface area contributed by atoms with Crippen LogP contribution in [0, 0.1) is 5.82 Å². The van der Waals surface area contributed by atoms with E-state index in [4.69, 9.17) is 5.73 Å². The minimum absolute atomic E-state index is 0.199. The van der Waals surface area contributed by atoms with E-state index >= 15 is 0 Å². The maximum atomic E-state index is 13.3. The van der Waals surface area contributed by atoms with Crippen molar-refractivity contribution in [2.45, 2.75) is 31.3 Å². The number of rotatable bonds is 2. The fraction of sp³-hybridized carbons (Fsp3) is 0.333. The summed E-state index contributed by atoms with van der Waals surface area (Å²) in [6.07, 6.45) is 3.76. The van der Waals surface area contributed by atoms with Crippen molar-refractivity contribution in [3.8, 4) is 11.3 Å². The molecule has 1 aliphatic rings. The molecule has 2 aromatic rings. The van der Waals surface area contributed by atoms with Crippen molar-refractivity contribution in [2.75, 3.05) is 5.73 Å². The van der Waals surface area contributed by atoms with Crippen LogP contribution in [0.4, 0.5) is 10.2 Å². The van der Waals surface area contributed by atoms with Crippen LogP contribution in [-0.4, -0.2) is 21.2 Å². The van der Waals surface area contributed by atoms with Crippen LogP contribution in [0.5, 0.6) is 0 Å². The molecule has 1 aliphatic carbocycles. The van der Waals surface area contributed by atoms with Crippen molar-refractivity contribution in [3.63, 3.8) is 0 Å². The Labute approximate surface area is 116 Å². The first-order valence-electron chi connectivity index (χ1n) is 6.70. The van der Waals surface area contributed by atoms with Gasteiger partial charge in [0.15, 0.2) is 0 Å². The average Bonchev–Trinajstić information content (AvgIpc) is 2.86. The van der Waals surface area contributed by atoms with E-state index < -0.39 is 0 Å². The number of hydrogen-bond donors (Lipinski definition) is 2. The summed E-state index contributed by atoms with van der Waals surface area (Å²) in [7, 11) is 0. The van der Waals surface area contributed by atoms with Gasteiger partial charge in [-0.25, -0.2) is 14.4 Å². The van der Waals surface area contributed by atoms with Gasteiger partial charge in [-0.3, -0.25) is 0 Å². The largest absolute Gasteiger partial charge is 0.393 e. The van der Waals surface area contributed by atoms with Gasteiger partial charge in [-0.2, -0.15) is 0 Å². The highest BCUT2D eigenvalue weighted by Gasteiger charge is 2.26. The molecule has 0 amide bonds. The third kappa shape index (κ3) is 2.49. The summed E-state index contributed by atoms with van der Waals surface area (Å²) in [6.45, 7) is 0. The summed E-state index contributed by atoms with van der Waals surface area (Å²) in [5.41, 5.74) is 7.79. The summed E-state index contributed by atoms with van der Waals surface area (Å²) in [6, 6.07) is 6.16. The zero-order valence-corrected chi connectivity index (χ0v) is 11.0. The summed E-state index contributed by atoms with van der Waals surface area (Å²) in [5, 5.41) is 9.62. The maximum Gasteiger partial charge on any atom is 0.150 e. The highest BCUT2D eigenvalue weighted by atomic mass is 19.1. The van der Waals surface area contributed by atoms with E-state index in [1.165, 1.54) is 12.1 Å². The normalized spacial score (nSPS) is 22.1. The van der Waals surface area contributed by atoms with E-state index in [0.29, 0.717) is 17.7 Å². The SMILES string of the molecule is Nc1ncc([C@@H]2CC[C@@H](O)C2)nc1-c1cccc(F)c1. The molecule has 1 heterocycles. The molecular formula is C15H16FN3O. The van der Waals surface area contributed by atoms with Gasteiger partial charge in [-0.1, -0.05) is 12.1 Å². The lowest BCUT2D eigenvalue weighted by atomic mass is 10.0. The lowest BCUT2D eigenvalue weighted by Crippen LogP contribution is -2.05. The first-order valence-corrected chi connectivity index (χ1v) is 6.70. The van der Waals surface area contributed by atoms with E-state index in [1.807, 2.05) is 0 Å². The van der Waals surface area contributed by atoms with E-state index in [9.17, 15) is 9.50 Å². The van der Waals surface area contributed by atoms with Gasteiger partial charge in [-0.05, 0) is 31.4 Å². The highest BCUT2D eigenvalue weighted by molar-refractivity contribution is 5.69. The number of anilines is 1. The van der Waals surface area contributed by atoms with Crippen molar-refractivity contribution in [1.29, 1.82) is 0 Å². The monoisotopic (exact) mass is 273 g/mol. The smallest absolute Gasteiger partial charge is 0.150 e. The Morgan fingerprint density at radius 2 is 2.15 bits per heavy atom. The number of hydrogen-bond acceptors (Lipinski definition) is 4. The minimum Gasteiger partial charge on any atom is -0.393 e. The van der Waals surface area contributed by atoms with Gasteiger partial charge in [0.25, 0.3) is 0 Å². The maximum absolute atomic E-state index is 13.3. The van der Waals surface area contributed by atoms with Crippen LogP contribution in [0.1, 0.15) is 30.9 Å². The van der Waals surface area contributed by atoms with Gasteiger partial charge in [0.2, 0.25) is 0 Å². The van der Waals surface area contributed by atoms with Gasteiger partial charge in [0.05, 0.1) is 18.0 Å². The molecule has 4 nitrogen and oxygen atoms in total. The zero-order chi connectivity index (χ0) is 14.1. The number of nitrogens with zero attached hydrogens (tertiary/aromatic N) is 2. The van der Waals surface area contributed by atoms with Crippen molar-refractivity contribution in [1.82, 2.24) is 9.97 Å². The molecule has 1 saturated carbocycles. The van der Waals surface area contributed by atoms with E-state index in [-0.39, 0.29) is 23.7 Å². The second-order valence-electron chi connectivity index (χ2n) is 5.20. The number of benzene rings is 1. The first kappa shape index (κ1) is 13.0. The van der Waals surface area contributed by atoms with Crippen molar-refractivity contribution in [2.24, 2.45) is 0 Å². The predicted octanol–water partition coefficient (Wildman–Crippen LogP) is 2.49. The fourth-order valence-electron chi connectivity index (χ4n) is 2.68. The number of aliphatic hydroxyl groups is 1.